The second kappa shape index (κ2) is 8.93. The van der Waals surface area contributed by atoms with Crippen molar-refractivity contribution in [1.29, 1.82) is 0 Å². The van der Waals surface area contributed by atoms with E-state index in [0.29, 0.717) is 17.1 Å². The molecule has 0 aliphatic carbocycles. The summed E-state index contributed by atoms with van der Waals surface area (Å²) in [5.74, 6) is -1.08. The van der Waals surface area contributed by atoms with Crippen molar-refractivity contribution in [2.24, 2.45) is 0 Å². The van der Waals surface area contributed by atoms with Gasteiger partial charge in [-0.1, -0.05) is 6.07 Å². The fourth-order valence-corrected chi connectivity index (χ4v) is 3.16. The summed E-state index contributed by atoms with van der Waals surface area (Å²) in [6.07, 6.45) is 1.44. The van der Waals surface area contributed by atoms with E-state index in [1.54, 1.807) is 35.7 Å². The predicted molar refractivity (Wildman–Crippen MR) is 110 cm³/mol. The van der Waals surface area contributed by atoms with Gasteiger partial charge in [-0.05, 0) is 30.3 Å². The Morgan fingerprint density at radius 2 is 1.83 bits per heavy atom. The second-order valence-electron chi connectivity index (χ2n) is 6.00. The van der Waals surface area contributed by atoms with Gasteiger partial charge in [0, 0.05) is 29.9 Å². The molecule has 0 atom stereocenters. The maximum atomic E-state index is 12.2. The topological polar surface area (TPSA) is 133 Å². The molecule has 10 heteroatoms. The van der Waals surface area contributed by atoms with Crippen LogP contribution in [-0.4, -0.2) is 27.7 Å². The zero-order valence-electron chi connectivity index (χ0n) is 15.3. The number of benzene rings is 1. The van der Waals surface area contributed by atoms with Crippen LogP contribution < -0.4 is 21.5 Å². The fourth-order valence-electron chi connectivity index (χ4n) is 2.46. The van der Waals surface area contributed by atoms with E-state index in [2.05, 4.69) is 25.9 Å². The molecule has 0 bridgehead atoms. The summed E-state index contributed by atoms with van der Waals surface area (Å²) in [6.45, 7) is 1.40. The molecule has 3 amide bonds. The van der Waals surface area contributed by atoms with Crippen LogP contribution in [0.25, 0.3) is 0 Å². The van der Waals surface area contributed by atoms with E-state index in [0.717, 1.165) is 11.3 Å². The third-order valence-electron chi connectivity index (χ3n) is 3.64. The van der Waals surface area contributed by atoms with Crippen LogP contribution >= 0.6 is 11.3 Å². The Bertz CT molecular complexity index is 1120. The Kier molecular flexibility index (Phi) is 6.15. The van der Waals surface area contributed by atoms with Gasteiger partial charge in [0.1, 0.15) is 5.56 Å². The first-order valence-electron chi connectivity index (χ1n) is 8.51. The Morgan fingerprint density at radius 1 is 1.07 bits per heavy atom. The van der Waals surface area contributed by atoms with E-state index >= 15 is 0 Å². The van der Waals surface area contributed by atoms with Crippen LogP contribution in [-0.2, 0) is 16.0 Å². The summed E-state index contributed by atoms with van der Waals surface area (Å²) in [7, 11) is 0. The number of nitrogens with zero attached hydrogens (tertiary/aromatic N) is 1. The average Bonchev–Trinajstić information content (AvgIpc) is 3.08. The second-order valence-corrected chi connectivity index (χ2v) is 6.86. The fraction of sp³-hybridized carbons (Fsp3) is 0.105. The van der Waals surface area contributed by atoms with Crippen LogP contribution in [0.4, 0.5) is 16.5 Å². The number of hydrogen-bond donors (Lipinski definition) is 4. The molecular formula is C19H17N5O4S. The first-order chi connectivity index (χ1) is 13.9. The van der Waals surface area contributed by atoms with Crippen molar-refractivity contribution in [3.8, 4) is 0 Å². The van der Waals surface area contributed by atoms with Crippen LogP contribution in [0, 0.1) is 0 Å². The molecule has 4 N–H and O–H groups in total. The van der Waals surface area contributed by atoms with Crippen LogP contribution in [0.2, 0.25) is 0 Å². The van der Waals surface area contributed by atoms with E-state index < -0.39 is 11.5 Å². The van der Waals surface area contributed by atoms with Crippen LogP contribution in [0.5, 0.6) is 0 Å². The van der Waals surface area contributed by atoms with Crippen LogP contribution in [0.1, 0.15) is 23.0 Å². The van der Waals surface area contributed by atoms with Crippen molar-refractivity contribution >= 4 is 45.6 Å². The summed E-state index contributed by atoms with van der Waals surface area (Å²) < 4.78 is 0. The van der Waals surface area contributed by atoms with Gasteiger partial charge in [0.2, 0.25) is 11.8 Å². The summed E-state index contributed by atoms with van der Waals surface area (Å²) in [6, 6.07) is 9.73. The zero-order valence-corrected chi connectivity index (χ0v) is 16.1. The van der Waals surface area contributed by atoms with E-state index in [4.69, 9.17) is 0 Å². The van der Waals surface area contributed by atoms with Crippen LogP contribution in [0.15, 0.2) is 52.8 Å². The number of H-pyrrole nitrogens is 1. The smallest absolute Gasteiger partial charge is 0.263 e. The first-order valence-corrected chi connectivity index (χ1v) is 9.39. The summed E-state index contributed by atoms with van der Waals surface area (Å²) >= 11 is 1.15. The standard InChI is InChI=1S/C19H17N5O4S/c1-11(25)21-12-4-2-5-13(8-12)22-16(26)9-14-10-29-19(23-14)24-18(28)15-6-3-7-20-17(15)27/h2-8,10H,9H2,1H3,(H,20,27)(H,21,25)(H,22,26)(H,23,24,28). The Hall–Kier alpha value is -3.79. The molecule has 0 saturated carbocycles. The number of aromatic nitrogens is 2. The van der Waals surface area contributed by atoms with Crippen molar-refractivity contribution in [2.45, 2.75) is 13.3 Å². The lowest BCUT2D eigenvalue weighted by Gasteiger charge is -2.07. The minimum absolute atomic E-state index is 0.00263. The lowest BCUT2D eigenvalue weighted by atomic mass is 10.2. The van der Waals surface area contributed by atoms with Crippen molar-refractivity contribution in [1.82, 2.24) is 9.97 Å². The number of amides is 3. The molecule has 29 heavy (non-hydrogen) atoms. The van der Waals surface area contributed by atoms with Gasteiger partial charge in [0.05, 0.1) is 12.1 Å². The number of nitrogens with one attached hydrogen (secondary N) is 4. The highest BCUT2D eigenvalue weighted by Gasteiger charge is 2.13. The third-order valence-corrected chi connectivity index (χ3v) is 4.45. The van der Waals surface area contributed by atoms with Crippen molar-refractivity contribution in [3.05, 3.63) is 69.6 Å². The number of pyridine rings is 1. The van der Waals surface area contributed by atoms with Gasteiger partial charge in [0.15, 0.2) is 5.13 Å². The zero-order chi connectivity index (χ0) is 20.8. The maximum Gasteiger partial charge on any atom is 0.263 e. The van der Waals surface area contributed by atoms with E-state index in [1.807, 2.05) is 0 Å². The summed E-state index contributed by atoms with van der Waals surface area (Å²) in [5, 5.41) is 9.85. The maximum absolute atomic E-state index is 12.2. The third kappa shape index (κ3) is 5.59. The lowest BCUT2D eigenvalue weighted by Crippen LogP contribution is -2.22. The molecular weight excluding hydrogens is 394 g/mol. The highest BCUT2D eigenvalue weighted by atomic mass is 32.1. The predicted octanol–water partition coefficient (Wildman–Crippen LogP) is 2.22. The SMILES string of the molecule is CC(=O)Nc1cccc(NC(=O)Cc2csc(NC(=O)c3ccc[nH]c3=O)n2)c1. The molecule has 0 unspecified atom stereocenters. The van der Waals surface area contributed by atoms with Crippen molar-refractivity contribution < 1.29 is 14.4 Å². The number of hydrogen-bond acceptors (Lipinski definition) is 6. The van der Waals surface area contributed by atoms with E-state index in [9.17, 15) is 19.2 Å². The van der Waals surface area contributed by atoms with E-state index in [-0.39, 0.29) is 28.9 Å². The molecule has 0 radical (unpaired) electrons. The molecule has 2 heterocycles. The minimum Gasteiger partial charge on any atom is -0.328 e. The lowest BCUT2D eigenvalue weighted by molar-refractivity contribution is -0.116. The van der Waals surface area contributed by atoms with Gasteiger partial charge >= 0.3 is 0 Å². The molecule has 3 rings (SSSR count). The monoisotopic (exact) mass is 411 g/mol. The Balaban J connectivity index is 1.59. The average molecular weight is 411 g/mol. The first kappa shape index (κ1) is 20.0. The molecule has 0 spiro atoms. The molecule has 0 fully saturated rings. The van der Waals surface area contributed by atoms with Gasteiger partial charge in [-0.15, -0.1) is 11.3 Å². The Labute approximate surface area is 169 Å². The number of rotatable bonds is 6. The summed E-state index contributed by atoms with van der Waals surface area (Å²) in [5.41, 5.74) is 1.06. The highest BCUT2D eigenvalue weighted by Crippen LogP contribution is 2.18. The molecule has 148 valence electrons. The molecule has 2 aromatic heterocycles. The van der Waals surface area contributed by atoms with E-state index in [1.165, 1.54) is 19.2 Å². The number of carbonyl (C=O) groups is 3. The van der Waals surface area contributed by atoms with Gasteiger partial charge < -0.3 is 15.6 Å². The van der Waals surface area contributed by atoms with Gasteiger partial charge in [-0.25, -0.2) is 4.98 Å². The summed E-state index contributed by atoms with van der Waals surface area (Å²) in [4.78, 5) is 53.8. The van der Waals surface area contributed by atoms with Gasteiger partial charge in [0.25, 0.3) is 11.5 Å². The number of anilines is 3. The molecule has 0 saturated heterocycles. The molecule has 3 aromatic rings. The highest BCUT2D eigenvalue weighted by molar-refractivity contribution is 7.14. The van der Waals surface area contributed by atoms with Gasteiger partial charge in [-0.3, -0.25) is 24.5 Å². The number of carbonyl (C=O) groups excluding carboxylic acids is 3. The Morgan fingerprint density at radius 3 is 2.55 bits per heavy atom. The van der Waals surface area contributed by atoms with Crippen molar-refractivity contribution in [3.63, 3.8) is 0 Å². The van der Waals surface area contributed by atoms with Crippen LogP contribution in [0.3, 0.4) is 0 Å². The largest absolute Gasteiger partial charge is 0.328 e. The molecule has 0 aliphatic heterocycles. The van der Waals surface area contributed by atoms with Crippen molar-refractivity contribution in [2.75, 3.05) is 16.0 Å². The molecule has 1 aromatic carbocycles. The number of aromatic amines is 1. The molecule has 9 nitrogen and oxygen atoms in total. The normalized spacial score (nSPS) is 10.2. The quantitative estimate of drug-likeness (QED) is 0.494. The minimum atomic E-state index is -0.577. The van der Waals surface area contributed by atoms with Gasteiger partial charge in [-0.2, -0.15) is 0 Å². The number of thiazole rings is 1. The molecule has 0 aliphatic rings.